The van der Waals surface area contributed by atoms with Gasteiger partial charge >= 0.3 is 6.09 Å². The Balaban J connectivity index is 1.64. The lowest BCUT2D eigenvalue weighted by Gasteiger charge is -2.17. The van der Waals surface area contributed by atoms with Gasteiger partial charge in [0, 0.05) is 30.4 Å². The summed E-state index contributed by atoms with van der Waals surface area (Å²) in [4.78, 5) is 23.8. The average Bonchev–Trinajstić information content (AvgIpc) is 3.09. The maximum Gasteiger partial charge on any atom is 0.408 e. The monoisotopic (exact) mass is 360 g/mol. The molecule has 0 spiro atoms. The summed E-state index contributed by atoms with van der Waals surface area (Å²) in [6.45, 7) is 0. The Hall–Kier alpha value is -3.79. The molecule has 1 fully saturated rings. The minimum atomic E-state index is -0.652. The highest BCUT2D eigenvalue weighted by molar-refractivity contribution is 5.71. The SMILES string of the molecule is O=C1N[C@H](c2cncc(C#Cc3cncnc3)c2)[C@@H](c2cccc(F)c2)O1. The van der Waals surface area contributed by atoms with Crippen LogP contribution in [0.2, 0.25) is 0 Å². The van der Waals surface area contributed by atoms with Gasteiger partial charge in [-0.05, 0) is 29.3 Å². The molecular weight excluding hydrogens is 347 g/mol. The number of hydrogen-bond acceptors (Lipinski definition) is 5. The van der Waals surface area contributed by atoms with Crippen LogP contribution in [-0.4, -0.2) is 21.0 Å². The van der Waals surface area contributed by atoms with Gasteiger partial charge in [0.1, 0.15) is 18.2 Å². The van der Waals surface area contributed by atoms with E-state index in [1.54, 1.807) is 36.9 Å². The highest BCUT2D eigenvalue weighted by atomic mass is 19.1. The van der Waals surface area contributed by atoms with Crippen LogP contribution in [0, 0.1) is 17.7 Å². The average molecular weight is 360 g/mol. The number of nitrogens with one attached hydrogen (secondary N) is 1. The molecule has 2 atom stereocenters. The number of carbonyl (C=O) groups excluding carboxylic acids is 1. The molecule has 2 aromatic heterocycles. The number of ether oxygens (including phenoxy) is 1. The van der Waals surface area contributed by atoms with E-state index >= 15 is 0 Å². The van der Waals surface area contributed by atoms with Crippen LogP contribution >= 0.6 is 0 Å². The van der Waals surface area contributed by atoms with Crippen LogP contribution in [-0.2, 0) is 4.74 Å². The van der Waals surface area contributed by atoms with Gasteiger partial charge in [0.05, 0.1) is 5.56 Å². The normalized spacial score (nSPS) is 18.2. The Morgan fingerprint density at radius 2 is 1.74 bits per heavy atom. The van der Waals surface area contributed by atoms with E-state index < -0.39 is 24.1 Å². The third kappa shape index (κ3) is 3.75. The summed E-state index contributed by atoms with van der Waals surface area (Å²) < 4.78 is 18.9. The van der Waals surface area contributed by atoms with Crippen LogP contribution in [0.15, 0.2) is 61.4 Å². The van der Waals surface area contributed by atoms with Crippen molar-refractivity contribution in [2.24, 2.45) is 0 Å². The van der Waals surface area contributed by atoms with Crippen molar-refractivity contribution in [1.82, 2.24) is 20.3 Å². The van der Waals surface area contributed by atoms with Crippen molar-refractivity contribution in [3.63, 3.8) is 0 Å². The van der Waals surface area contributed by atoms with E-state index in [1.165, 1.54) is 18.5 Å². The summed E-state index contributed by atoms with van der Waals surface area (Å²) in [6, 6.07) is 7.31. The van der Waals surface area contributed by atoms with Crippen molar-refractivity contribution < 1.29 is 13.9 Å². The maximum atomic E-state index is 13.6. The predicted octanol–water partition coefficient (Wildman–Crippen LogP) is 2.93. The van der Waals surface area contributed by atoms with E-state index in [0.717, 1.165) is 0 Å². The first-order valence-corrected chi connectivity index (χ1v) is 8.13. The molecule has 1 aliphatic rings. The molecule has 132 valence electrons. The fraction of sp³-hybridized carbons (Fsp3) is 0.100. The first kappa shape index (κ1) is 16.7. The summed E-state index contributed by atoms with van der Waals surface area (Å²) in [5.74, 6) is 5.56. The van der Waals surface area contributed by atoms with Crippen LogP contribution in [0.25, 0.3) is 0 Å². The molecule has 0 unspecified atom stereocenters. The lowest BCUT2D eigenvalue weighted by molar-refractivity contribution is 0.132. The van der Waals surface area contributed by atoms with Gasteiger partial charge in [0.25, 0.3) is 0 Å². The number of cyclic esters (lactones) is 1. The molecule has 3 aromatic rings. The topological polar surface area (TPSA) is 77.0 Å². The van der Waals surface area contributed by atoms with E-state index in [4.69, 9.17) is 4.74 Å². The molecule has 1 aromatic carbocycles. The van der Waals surface area contributed by atoms with Crippen LogP contribution < -0.4 is 5.32 Å². The van der Waals surface area contributed by atoms with Gasteiger partial charge in [0.15, 0.2) is 6.10 Å². The zero-order chi connectivity index (χ0) is 18.6. The Morgan fingerprint density at radius 1 is 0.963 bits per heavy atom. The molecule has 4 rings (SSSR count). The van der Waals surface area contributed by atoms with Crippen molar-refractivity contribution in [2.75, 3.05) is 0 Å². The highest BCUT2D eigenvalue weighted by Gasteiger charge is 2.36. The molecule has 7 heteroatoms. The van der Waals surface area contributed by atoms with E-state index in [-0.39, 0.29) is 0 Å². The standard InChI is InChI=1S/C20H13FN4O2/c21-17-3-1-2-15(7-17)19-18(25-20(26)27-19)16-6-13(8-22-11-16)4-5-14-9-23-12-24-10-14/h1-3,6-12,18-19H,(H,25,26)/t18-,19-/m1/s1. The van der Waals surface area contributed by atoms with E-state index in [9.17, 15) is 9.18 Å². The zero-order valence-corrected chi connectivity index (χ0v) is 14.0. The van der Waals surface area contributed by atoms with Gasteiger partial charge in [0.2, 0.25) is 0 Å². The van der Waals surface area contributed by atoms with Crippen LogP contribution in [0.3, 0.4) is 0 Å². The fourth-order valence-electron chi connectivity index (χ4n) is 2.83. The third-order valence-electron chi connectivity index (χ3n) is 4.02. The molecule has 27 heavy (non-hydrogen) atoms. The molecule has 3 heterocycles. The lowest BCUT2D eigenvalue weighted by Crippen LogP contribution is -2.19. The molecule has 1 amide bonds. The first-order valence-electron chi connectivity index (χ1n) is 8.13. The second-order valence-corrected chi connectivity index (χ2v) is 5.89. The summed E-state index contributed by atoms with van der Waals surface area (Å²) in [6.07, 6.45) is 6.69. The Kier molecular flexibility index (Phi) is 4.45. The van der Waals surface area contributed by atoms with Crippen LogP contribution in [0.5, 0.6) is 0 Å². The Morgan fingerprint density at radius 3 is 2.56 bits per heavy atom. The number of benzene rings is 1. The quantitative estimate of drug-likeness (QED) is 0.711. The minimum absolute atomic E-state index is 0.392. The second-order valence-electron chi connectivity index (χ2n) is 5.89. The molecule has 0 saturated carbocycles. The second kappa shape index (κ2) is 7.22. The molecule has 0 radical (unpaired) electrons. The van der Waals surface area contributed by atoms with Gasteiger partial charge in [-0.2, -0.15) is 0 Å². The third-order valence-corrected chi connectivity index (χ3v) is 4.02. The summed E-state index contributed by atoms with van der Waals surface area (Å²) >= 11 is 0. The number of hydrogen-bond donors (Lipinski definition) is 1. The van der Waals surface area contributed by atoms with Crippen molar-refractivity contribution in [1.29, 1.82) is 0 Å². The highest BCUT2D eigenvalue weighted by Crippen LogP contribution is 2.36. The molecule has 1 saturated heterocycles. The van der Waals surface area contributed by atoms with Gasteiger partial charge in [-0.25, -0.2) is 19.2 Å². The van der Waals surface area contributed by atoms with Crippen molar-refractivity contribution in [3.05, 3.63) is 89.5 Å². The van der Waals surface area contributed by atoms with Gasteiger partial charge < -0.3 is 10.1 Å². The first-order chi connectivity index (χ1) is 13.2. The van der Waals surface area contributed by atoms with Gasteiger partial charge in [-0.3, -0.25) is 4.98 Å². The Bertz CT molecular complexity index is 1050. The number of amides is 1. The summed E-state index contributed by atoms with van der Waals surface area (Å²) in [5, 5.41) is 2.75. The Labute approximate surface area is 154 Å². The van der Waals surface area contributed by atoms with E-state index in [0.29, 0.717) is 22.3 Å². The molecule has 1 N–H and O–H groups in total. The van der Waals surface area contributed by atoms with Gasteiger partial charge in [-0.1, -0.05) is 24.0 Å². The smallest absolute Gasteiger partial charge is 0.408 e. The number of halogens is 1. The predicted molar refractivity (Wildman–Crippen MR) is 93.7 cm³/mol. The van der Waals surface area contributed by atoms with Crippen molar-refractivity contribution in [2.45, 2.75) is 12.1 Å². The maximum absolute atomic E-state index is 13.6. The summed E-state index contributed by atoms with van der Waals surface area (Å²) in [5.41, 5.74) is 2.62. The lowest BCUT2D eigenvalue weighted by atomic mass is 9.97. The number of nitrogens with zero attached hydrogens (tertiary/aromatic N) is 3. The minimum Gasteiger partial charge on any atom is -0.439 e. The molecule has 0 aliphatic carbocycles. The van der Waals surface area contributed by atoms with E-state index in [2.05, 4.69) is 32.1 Å². The van der Waals surface area contributed by atoms with Crippen molar-refractivity contribution in [3.8, 4) is 11.8 Å². The number of alkyl carbamates (subject to hydrolysis) is 1. The van der Waals surface area contributed by atoms with Crippen LogP contribution in [0.4, 0.5) is 9.18 Å². The number of rotatable bonds is 2. The largest absolute Gasteiger partial charge is 0.439 e. The number of carbonyl (C=O) groups is 1. The van der Waals surface area contributed by atoms with Crippen LogP contribution in [0.1, 0.15) is 34.4 Å². The molecule has 1 aliphatic heterocycles. The fourth-order valence-corrected chi connectivity index (χ4v) is 2.83. The van der Waals surface area contributed by atoms with Gasteiger partial charge in [-0.15, -0.1) is 0 Å². The van der Waals surface area contributed by atoms with E-state index in [1.807, 2.05) is 6.07 Å². The zero-order valence-electron chi connectivity index (χ0n) is 14.0. The van der Waals surface area contributed by atoms with Crippen molar-refractivity contribution >= 4 is 6.09 Å². The molecular formula is C20H13FN4O2. The number of aromatic nitrogens is 3. The molecule has 6 nitrogen and oxygen atoms in total. The number of pyridine rings is 1. The molecule has 0 bridgehead atoms. The summed E-state index contributed by atoms with van der Waals surface area (Å²) in [7, 11) is 0.